The SMILES string of the molecule is CC(=O)C[C@H](NC(=O)[C@H](Cc1ccc(-c2ccccc2)cc1)NC(C)=O)C(=O)NCc1cccc(CN)c1. The molecule has 2 atom stereocenters. The zero-order valence-corrected chi connectivity index (χ0v) is 21.7. The maximum atomic E-state index is 13.2. The Morgan fingerprint density at radius 2 is 1.37 bits per heavy atom. The van der Waals surface area contributed by atoms with Gasteiger partial charge in [-0.1, -0.05) is 78.9 Å². The highest BCUT2D eigenvalue weighted by atomic mass is 16.2. The van der Waals surface area contributed by atoms with E-state index in [9.17, 15) is 19.2 Å². The van der Waals surface area contributed by atoms with E-state index >= 15 is 0 Å². The van der Waals surface area contributed by atoms with Gasteiger partial charge in [0.1, 0.15) is 17.9 Å². The van der Waals surface area contributed by atoms with E-state index < -0.39 is 23.9 Å². The first-order chi connectivity index (χ1) is 18.2. The van der Waals surface area contributed by atoms with Crippen molar-refractivity contribution in [2.45, 2.75) is 51.9 Å². The van der Waals surface area contributed by atoms with Gasteiger partial charge in [0.15, 0.2) is 0 Å². The lowest BCUT2D eigenvalue weighted by molar-refractivity contribution is -0.133. The molecule has 0 fully saturated rings. The Hall–Kier alpha value is -4.30. The Kier molecular flexibility index (Phi) is 10.3. The van der Waals surface area contributed by atoms with Crippen LogP contribution in [0.5, 0.6) is 0 Å². The van der Waals surface area contributed by atoms with Gasteiger partial charge in [0.25, 0.3) is 0 Å². The van der Waals surface area contributed by atoms with Crippen molar-refractivity contribution in [1.82, 2.24) is 16.0 Å². The molecule has 0 aliphatic carbocycles. The highest BCUT2D eigenvalue weighted by Crippen LogP contribution is 2.20. The van der Waals surface area contributed by atoms with Crippen LogP contribution in [0.4, 0.5) is 0 Å². The van der Waals surface area contributed by atoms with Gasteiger partial charge < -0.3 is 21.7 Å². The lowest BCUT2D eigenvalue weighted by Gasteiger charge is -2.22. The largest absolute Gasteiger partial charge is 0.350 e. The molecule has 0 aliphatic rings. The minimum Gasteiger partial charge on any atom is -0.350 e. The van der Waals surface area contributed by atoms with Crippen molar-refractivity contribution in [3.05, 3.63) is 95.6 Å². The van der Waals surface area contributed by atoms with Crippen LogP contribution in [0.2, 0.25) is 0 Å². The summed E-state index contributed by atoms with van der Waals surface area (Å²) in [7, 11) is 0. The summed E-state index contributed by atoms with van der Waals surface area (Å²) in [6, 6.07) is 23.1. The molecule has 3 amide bonds. The van der Waals surface area contributed by atoms with Crippen LogP contribution < -0.4 is 21.7 Å². The molecule has 0 bridgehead atoms. The van der Waals surface area contributed by atoms with Gasteiger partial charge in [-0.15, -0.1) is 0 Å². The Balaban J connectivity index is 1.69. The Labute approximate surface area is 223 Å². The van der Waals surface area contributed by atoms with Gasteiger partial charge in [-0.2, -0.15) is 0 Å². The number of carbonyl (C=O) groups is 4. The molecule has 198 valence electrons. The number of nitrogens with one attached hydrogen (secondary N) is 3. The fourth-order valence-electron chi connectivity index (χ4n) is 4.10. The van der Waals surface area contributed by atoms with Crippen LogP contribution in [0.1, 0.15) is 37.0 Å². The molecule has 5 N–H and O–H groups in total. The zero-order chi connectivity index (χ0) is 27.5. The van der Waals surface area contributed by atoms with Gasteiger partial charge in [-0.25, -0.2) is 0 Å². The summed E-state index contributed by atoms with van der Waals surface area (Å²) in [6.07, 6.45) is 0.0553. The van der Waals surface area contributed by atoms with Gasteiger partial charge >= 0.3 is 0 Å². The van der Waals surface area contributed by atoms with E-state index in [1.165, 1.54) is 13.8 Å². The molecule has 8 heteroatoms. The molecule has 3 aromatic rings. The van der Waals surface area contributed by atoms with E-state index in [0.717, 1.165) is 27.8 Å². The standard InChI is InChI=1S/C30H34N4O4/c1-20(35)15-27(29(37)32-19-24-8-6-7-23(16-24)18-31)34-30(38)28(33-21(2)36)17-22-11-13-26(14-12-22)25-9-4-3-5-10-25/h3-14,16,27-28H,15,17-19,31H2,1-2H3,(H,32,37)(H,33,36)(H,34,38)/t27-,28-/m0/s1. The average Bonchev–Trinajstić information content (AvgIpc) is 2.91. The van der Waals surface area contributed by atoms with Crippen LogP contribution in [0.3, 0.4) is 0 Å². The van der Waals surface area contributed by atoms with Gasteiger partial charge in [0.05, 0.1) is 0 Å². The highest BCUT2D eigenvalue weighted by Gasteiger charge is 2.27. The second kappa shape index (κ2) is 13.9. The van der Waals surface area contributed by atoms with Crippen LogP contribution in [0, 0.1) is 0 Å². The van der Waals surface area contributed by atoms with Crippen molar-refractivity contribution in [2.24, 2.45) is 5.73 Å². The van der Waals surface area contributed by atoms with Crippen molar-refractivity contribution < 1.29 is 19.2 Å². The molecule has 8 nitrogen and oxygen atoms in total. The molecule has 0 saturated carbocycles. The summed E-state index contributed by atoms with van der Waals surface area (Å²) < 4.78 is 0. The number of ketones is 1. The lowest BCUT2D eigenvalue weighted by Crippen LogP contribution is -2.54. The number of carbonyl (C=O) groups excluding carboxylic acids is 4. The van der Waals surface area contributed by atoms with Gasteiger partial charge in [-0.3, -0.25) is 19.2 Å². The minimum atomic E-state index is -1.07. The number of amides is 3. The topological polar surface area (TPSA) is 130 Å². The fraction of sp³-hybridized carbons (Fsp3) is 0.267. The highest BCUT2D eigenvalue weighted by molar-refractivity contribution is 5.94. The molecule has 0 radical (unpaired) electrons. The quantitative estimate of drug-likeness (QED) is 0.295. The normalized spacial score (nSPS) is 12.2. The Morgan fingerprint density at radius 3 is 2.00 bits per heavy atom. The summed E-state index contributed by atoms with van der Waals surface area (Å²) in [5, 5.41) is 8.10. The fourth-order valence-corrected chi connectivity index (χ4v) is 4.10. The molecule has 3 rings (SSSR count). The summed E-state index contributed by atoms with van der Waals surface area (Å²) in [6.45, 7) is 3.29. The second-order valence-electron chi connectivity index (χ2n) is 9.23. The molecule has 0 aliphatic heterocycles. The van der Waals surface area contributed by atoms with E-state index in [4.69, 9.17) is 5.73 Å². The predicted octanol–water partition coefficient (Wildman–Crippen LogP) is 2.64. The third kappa shape index (κ3) is 8.67. The van der Waals surface area contributed by atoms with Crippen LogP contribution in [-0.4, -0.2) is 35.6 Å². The molecule has 0 spiro atoms. The first-order valence-corrected chi connectivity index (χ1v) is 12.5. The van der Waals surface area contributed by atoms with Crippen molar-refractivity contribution in [3.8, 4) is 11.1 Å². The Bertz CT molecular complexity index is 1260. The summed E-state index contributed by atoms with van der Waals surface area (Å²) in [4.78, 5) is 49.9. The minimum absolute atomic E-state index is 0.168. The van der Waals surface area contributed by atoms with E-state index in [2.05, 4.69) is 16.0 Å². The van der Waals surface area contributed by atoms with Gasteiger partial charge in [-0.05, 0) is 34.7 Å². The lowest BCUT2D eigenvalue weighted by atomic mass is 10.00. The number of Topliss-reactive ketones (excluding diaryl/α,β-unsaturated/α-hetero) is 1. The number of hydrogen-bond acceptors (Lipinski definition) is 5. The van der Waals surface area contributed by atoms with Crippen LogP contribution >= 0.6 is 0 Å². The maximum Gasteiger partial charge on any atom is 0.243 e. The molecule has 0 aromatic heterocycles. The number of rotatable bonds is 12. The summed E-state index contributed by atoms with van der Waals surface area (Å²) in [5.41, 5.74) is 10.4. The van der Waals surface area contributed by atoms with Crippen molar-refractivity contribution in [3.63, 3.8) is 0 Å². The van der Waals surface area contributed by atoms with Crippen molar-refractivity contribution >= 4 is 23.5 Å². The first-order valence-electron chi connectivity index (χ1n) is 12.5. The zero-order valence-electron chi connectivity index (χ0n) is 21.7. The number of hydrogen-bond donors (Lipinski definition) is 4. The smallest absolute Gasteiger partial charge is 0.243 e. The van der Waals surface area contributed by atoms with Crippen LogP contribution in [0.15, 0.2) is 78.9 Å². The van der Waals surface area contributed by atoms with Gasteiger partial charge in [0.2, 0.25) is 17.7 Å². The molecule has 0 saturated heterocycles. The maximum absolute atomic E-state index is 13.2. The molecule has 0 heterocycles. The monoisotopic (exact) mass is 514 g/mol. The summed E-state index contributed by atoms with van der Waals surface area (Å²) >= 11 is 0. The number of nitrogens with two attached hydrogens (primary N) is 1. The first kappa shape index (κ1) is 28.3. The molecule has 38 heavy (non-hydrogen) atoms. The molecule has 0 unspecified atom stereocenters. The summed E-state index contributed by atoms with van der Waals surface area (Å²) in [5.74, 6) is -1.65. The van der Waals surface area contributed by atoms with Gasteiger partial charge in [0, 0.05) is 32.9 Å². The third-order valence-corrected chi connectivity index (χ3v) is 6.01. The van der Waals surface area contributed by atoms with E-state index in [1.807, 2.05) is 78.9 Å². The van der Waals surface area contributed by atoms with Crippen molar-refractivity contribution in [1.29, 1.82) is 0 Å². The molecule has 3 aromatic carbocycles. The third-order valence-electron chi connectivity index (χ3n) is 6.01. The van der Waals surface area contributed by atoms with Crippen molar-refractivity contribution in [2.75, 3.05) is 0 Å². The predicted molar refractivity (Wildman–Crippen MR) is 147 cm³/mol. The molecular weight excluding hydrogens is 480 g/mol. The molecular formula is C30H34N4O4. The van der Waals surface area contributed by atoms with Crippen LogP contribution in [0.25, 0.3) is 11.1 Å². The Morgan fingerprint density at radius 1 is 0.711 bits per heavy atom. The van der Waals surface area contributed by atoms with E-state index in [0.29, 0.717) is 6.54 Å². The van der Waals surface area contributed by atoms with E-state index in [1.54, 1.807) is 0 Å². The van der Waals surface area contributed by atoms with Crippen LogP contribution in [-0.2, 0) is 38.7 Å². The van der Waals surface area contributed by atoms with E-state index in [-0.39, 0.29) is 31.1 Å². The number of benzene rings is 3. The second-order valence-corrected chi connectivity index (χ2v) is 9.23. The average molecular weight is 515 g/mol.